The lowest BCUT2D eigenvalue weighted by Gasteiger charge is -2.40. The molecule has 0 amide bonds. The Morgan fingerprint density at radius 1 is 0.968 bits per heavy atom. The molecule has 1 fully saturated rings. The maximum Gasteiger partial charge on any atom is 0.268 e. The van der Waals surface area contributed by atoms with Crippen LogP contribution in [0.1, 0.15) is 24.0 Å². The van der Waals surface area contributed by atoms with Gasteiger partial charge >= 0.3 is 0 Å². The molecule has 1 aromatic heterocycles. The van der Waals surface area contributed by atoms with Gasteiger partial charge in [0.25, 0.3) is 5.56 Å². The van der Waals surface area contributed by atoms with Crippen LogP contribution < -0.4 is 10.5 Å². The number of fused-ring (bicyclic) bond motifs is 1. The standard InChI is InChI=1S/C24H23Cl2N3OS/c1-28-22(30)20(31-19-8-4-7-18(25)21(19)26)15-27-23(28)29-11-9-24(10-12-29)13-16-5-2-3-6-17(16)14-24/h2-8,15H,9-14H2,1H3. The van der Waals surface area contributed by atoms with Gasteiger partial charge in [-0.25, -0.2) is 4.98 Å². The summed E-state index contributed by atoms with van der Waals surface area (Å²) in [5, 5.41) is 0.934. The van der Waals surface area contributed by atoms with Crippen molar-refractivity contribution in [2.45, 2.75) is 35.5 Å². The molecule has 1 spiro atoms. The van der Waals surface area contributed by atoms with E-state index in [4.69, 9.17) is 23.2 Å². The molecule has 0 saturated carbocycles. The summed E-state index contributed by atoms with van der Waals surface area (Å²) in [6.07, 6.45) is 6.23. The highest BCUT2D eigenvalue weighted by Crippen LogP contribution is 2.45. The third-order valence-corrected chi connectivity index (χ3v) is 8.60. The average molecular weight is 472 g/mol. The van der Waals surface area contributed by atoms with E-state index in [0.717, 1.165) is 36.8 Å². The van der Waals surface area contributed by atoms with Crippen LogP contribution in [-0.2, 0) is 19.9 Å². The first kappa shape index (κ1) is 20.9. The van der Waals surface area contributed by atoms with Crippen molar-refractivity contribution in [3.05, 3.63) is 80.2 Å². The van der Waals surface area contributed by atoms with E-state index in [-0.39, 0.29) is 5.56 Å². The fourth-order valence-corrected chi connectivity index (χ4v) is 6.25. The second-order valence-corrected chi connectivity index (χ2v) is 10.4. The number of piperidine rings is 1. The van der Waals surface area contributed by atoms with Crippen molar-refractivity contribution in [1.82, 2.24) is 9.55 Å². The van der Waals surface area contributed by atoms with Crippen LogP contribution in [0.5, 0.6) is 0 Å². The van der Waals surface area contributed by atoms with Crippen LogP contribution in [0, 0.1) is 5.41 Å². The number of nitrogens with zero attached hydrogens (tertiary/aromatic N) is 3. The topological polar surface area (TPSA) is 38.1 Å². The van der Waals surface area contributed by atoms with Gasteiger partial charge in [-0.15, -0.1) is 0 Å². The van der Waals surface area contributed by atoms with E-state index >= 15 is 0 Å². The molecule has 2 aliphatic rings. The van der Waals surface area contributed by atoms with E-state index in [2.05, 4.69) is 34.1 Å². The first-order valence-electron chi connectivity index (χ1n) is 10.5. The average Bonchev–Trinajstić information content (AvgIpc) is 3.13. The minimum atomic E-state index is -0.0698. The summed E-state index contributed by atoms with van der Waals surface area (Å²) in [5.74, 6) is 0.733. The fourth-order valence-electron chi connectivity index (χ4n) is 4.87. The number of aromatic nitrogens is 2. The molecule has 4 nitrogen and oxygen atoms in total. The summed E-state index contributed by atoms with van der Waals surface area (Å²) in [6.45, 7) is 1.84. The third-order valence-electron chi connectivity index (χ3n) is 6.61. The van der Waals surface area contributed by atoms with Crippen molar-refractivity contribution in [3.63, 3.8) is 0 Å². The van der Waals surface area contributed by atoms with Gasteiger partial charge in [0.2, 0.25) is 5.95 Å². The van der Waals surface area contributed by atoms with Crippen molar-refractivity contribution in [2.75, 3.05) is 18.0 Å². The molecular weight excluding hydrogens is 449 g/mol. The Hall–Kier alpha value is -1.95. The molecular formula is C24H23Cl2N3OS. The maximum absolute atomic E-state index is 13.0. The van der Waals surface area contributed by atoms with Crippen LogP contribution in [0.25, 0.3) is 0 Å². The zero-order chi connectivity index (χ0) is 21.6. The molecule has 160 valence electrons. The van der Waals surface area contributed by atoms with Crippen molar-refractivity contribution in [2.24, 2.45) is 12.5 Å². The second kappa shape index (κ2) is 8.19. The zero-order valence-electron chi connectivity index (χ0n) is 17.3. The van der Waals surface area contributed by atoms with Gasteiger partial charge < -0.3 is 4.90 Å². The molecule has 2 aromatic carbocycles. The highest BCUT2D eigenvalue weighted by Gasteiger charge is 2.40. The SMILES string of the molecule is Cn1c(N2CCC3(CC2)Cc2ccccc2C3)ncc(Sc2cccc(Cl)c2Cl)c1=O. The van der Waals surface area contributed by atoms with E-state index in [1.807, 2.05) is 12.1 Å². The lowest BCUT2D eigenvalue weighted by atomic mass is 9.76. The molecule has 0 unspecified atom stereocenters. The Bertz CT molecular complexity index is 1170. The maximum atomic E-state index is 13.0. The Labute approximate surface area is 196 Å². The lowest BCUT2D eigenvalue weighted by Crippen LogP contribution is -2.43. The minimum Gasteiger partial charge on any atom is -0.342 e. The van der Waals surface area contributed by atoms with Crippen molar-refractivity contribution in [1.29, 1.82) is 0 Å². The Morgan fingerprint density at radius 3 is 2.32 bits per heavy atom. The van der Waals surface area contributed by atoms with Crippen molar-refractivity contribution >= 4 is 40.9 Å². The number of hydrogen-bond acceptors (Lipinski definition) is 4. The molecule has 1 saturated heterocycles. The number of anilines is 1. The van der Waals surface area contributed by atoms with E-state index in [9.17, 15) is 4.79 Å². The smallest absolute Gasteiger partial charge is 0.268 e. The predicted octanol–water partition coefficient (Wildman–Crippen LogP) is 5.62. The van der Waals surface area contributed by atoms with Crippen LogP contribution in [0.3, 0.4) is 0 Å². The number of benzene rings is 2. The molecule has 0 N–H and O–H groups in total. The van der Waals surface area contributed by atoms with Gasteiger partial charge in [0.05, 0.1) is 21.1 Å². The molecule has 31 heavy (non-hydrogen) atoms. The normalized spacial score (nSPS) is 17.2. The summed E-state index contributed by atoms with van der Waals surface area (Å²) in [4.78, 5) is 21.2. The molecule has 0 atom stereocenters. The van der Waals surface area contributed by atoms with Gasteiger partial charge in [-0.05, 0) is 54.4 Å². The van der Waals surface area contributed by atoms with Crippen LogP contribution in [0.2, 0.25) is 10.0 Å². The molecule has 1 aliphatic heterocycles. The Balaban J connectivity index is 1.33. The first-order valence-corrected chi connectivity index (χ1v) is 12.0. The van der Waals surface area contributed by atoms with Gasteiger partial charge in [0.1, 0.15) is 0 Å². The summed E-state index contributed by atoms with van der Waals surface area (Å²) in [7, 11) is 1.80. The number of rotatable bonds is 3. The quantitative estimate of drug-likeness (QED) is 0.496. The van der Waals surface area contributed by atoms with Crippen LogP contribution in [0.15, 0.2) is 63.2 Å². The van der Waals surface area contributed by atoms with E-state index < -0.39 is 0 Å². The molecule has 3 aromatic rings. The molecule has 0 radical (unpaired) electrons. The van der Waals surface area contributed by atoms with E-state index in [1.54, 1.807) is 23.9 Å². The number of hydrogen-bond donors (Lipinski definition) is 0. The van der Waals surface area contributed by atoms with Gasteiger partial charge in [-0.1, -0.05) is 65.3 Å². The van der Waals surface area contributed by atoms with Crippen molar-refractivity contribution in [3.8, 4) is 0 Å². The number of halogens is 2. The fraction of sp³-hybridized carbons (Fsp3) is 0.333. The van der Waals surface area contributed by atoms with Gasteiger partial charge in [-0.3, -0.25) is 9.36 Å². The Kier molecular flexibility index (Phi) is 5.53. The molecule has 0 bridgehead atoms. The van der Waals surface area contributed by atoms with E-state index in [1.165, 1.54) is 35.7 Å². The van der Waals surface area contributed by atoms with Gasteiger partial charge in [0.15, 0.2) is 0 Å². The first-order chi connectivity index (χ1) is 15.0. The summed E-state index contributed by atoms with van der Waals surface area (Å²) in [5.41, 5.74) is 3.29. The van der Waals surface area contributed by atoms with Gasteiger partial charge in [-0.2, -0.15) is 0 Å². The third kappa shape index (κ3) is 3.88. The molecule has 5 rings (SSSR count). The predicted molar refractivity (Wildman–Crippen MR) is 128 cm³/mol. The Morgan fingerprint density at radius 2 is 1.65 bits per heavy atom. The van der Waals surface area contributed by atoms with Crippen LogP contribution >= 0.6 is 35.0 Å². The largest absolute Gasteiger partial charge is 0.342 e. The van der Waals surface area contributed by atoms with E-state index in [0.29, 0.717) is 20.4 Å². The second-order valence-electron chi connectivity index (χ2n) is 8.55. The summed E-state index contributed by atoms with van der Waals surface area (Å²) < 4.78 is 1.65. The summed E-state index contributed by atoms with van der Waals surface area (Å²) >= 11 is 13.7. The van der Waals surface area contributed by atoms with Crippen LogP contribution in [-0.4, -0.2) is 22.6 Å². The highest BCUT2D eigenvalue weighted by molar-refractivity contribution is 7.99. The monoisotopic (exact) mass is 471 g/mol. The molecule has 1 aliphatic carbocycles. The summed E-state index contributed by atoms with van der Waals surface area (Å²) in [6, 6.07) is 14.2. The lowest BCUT2D eigenvalue weighted by molar-refractivity contribution is 0.231. The minimum absolute atomic E-state index is 0.0698. The highest BCUT2D eigenvalue weighted by atomic mass is 35.5. The van der Waals surface area contributed by atoms with Gasteiger partial charge in [0, 0.05) is 25.0 Å². The molecule has 7 heteroatoms. The van der Waals surface area contributed by atoms with Crippen LogP contribution in [0.4, 0.5) is 5.95 Å². The molecule has 2 heterocycles. The zero-order valence-corrected chi connectivity index (χ0v) is 19.6. The van der Waals surface area contributed by atoms with Crippen molar-refractivity contribution < 1.29 is 0 Å².